The molecule has 0 bridgehead atoms. The monoisotopic (exact) mass is 371 g/mol. The van der Waals surface area contributed by atoms with E-state index in [2.05, 4.69) is 11.9 Å². The van der Waals surface area contributed by atoms with Crippen molar-refractivity contribution >= 4 is 27.4 Å². The highest BCUT2D eigenvalue weighted by Gasteiger charge is 2.18. The minimum atomic E-state index is -2.54. The molecule has 0 saturated carbocycles. The van der Waals surface area contributed by atoms with Crippen molar-refractivity contribution in [1.82, 2.24) is 4.90 Å². The maximum absolute atomic E-state index is 13.7. The molecule has 1 atom stereocenters. The van der Waals surface area contributed by atoms with Gasteiger partial charge in [0.1, 0.15) is 0 Å². The molecule has 0 aromatic heterocycles. The first-order chi connectivity index (χ1) is 12.3. The summed E-state index contributed by atoms with van der Waals surface area (Å²) >= 11 is 0. The molecular weight excluding hydrogens is 342 g/mol. The van der Waals surface area contributed by atoms with Crippen LogP contribution in [-0.2, 0) is 9.73 Å². The molecule has 140 valence electrons. The molecular formula is C21H29N3OS. The van der Waals surface area contributed by atoms with Crippen LogP contribution in [0.4, 0.5) is 11.4 Å². The zero-order chi connectivity index (χ0) is 19.3. The van der Waals surface area contributed by atoms with E-state index < -0.39 is 9.73 Å². The van der Waals surface area contributed by atoms with Gasteiger partial charge in [-0.05, 0) is 70.0 Å². The molecule has 0 saturated heterocycles. The Morgan fingerprint density at radius 1 is 1.08 bits per heavy atom. The summed E-state index contributed by atoms with van der Waals surface area (Å²) in [6.07, 6.45) is 1.83. The standard InChI is InChI=1S/C21H29N3OS/c1-7-24(6)15-22-20-13-18(5)21(14-17(20)4)23-26(25,16(2)3)19-11-9-8-10-12-19/h8-16H,7H2,1-6H3/b22-15+. The van der Waals surface area contributed by atoms with Gasteiger partial charge in [-0.3, -0.25) is 0 Å². The fourth-order valence-electron chi connectivity index (χ4n) is 2.46. The highest BCUT2D eigenvalue weighted by Crippen LogP contribution is 2.32. The molecule has 2 aromatic carbocycles. The quantitative estimate of drug-likeness (QED) is 0.498. The first-order valence-electron chi connectivity index (χ1n) is 8.94. The lowest BCUT2D eigenvalue weighted by atomic mass is 10.1. The Hall–Kier alpha value is -2.14. The van der Waals surface area contributed by atoms with Crippen LogP contribution in [0.1, 0.15) is 31.9 Å². The Morgan fingerprint density at radius 2 is 1.65 bits per heavy atom. The minimum Gasteiger partial charge on any atom is -0.366 e. The van der Waals surface area contributed by atoms with Crippen molar-refractivity contribution in [2.45, 2.75) is 44.8 Å². The highest BCUT2D eigenvalue weighted by molar-refractivity contribution is 7.94. The third-order valence-electron chi connectivity index (χ3n) is 4.36. The van der Waals surface area contributed by atoms with Gasteiger partial charge >= 0.3 is 0 Å². The summed E-state index contributed by atoms with van der Waals surface area (Å²) in [7, 11) is -0.548. The Morgan fingerprint density at radius 3 is 2.23 bits per heavy atom. The number of hydrogen-bond donors (Lipinski definition) is 0. The summed E-state index contributed by atoms with van der Waals surface area (Å²) in [6, 6.07) is 13.5. The van der Waals surface area contributed by atoms with E-state index in [-0.39, 0.29) is 5.25 Å². The molecule has 4 nitrogen and oxygen atoms in total. The van der Waals surface area contributed by atoms with Crippen molar-refractivity contribution in [2.75, 3.05) is 13.6 Å². The molecule has 0 aliphatic rings. The molecule has 0 aliphatic carbocycles. The maximum atomic E-state index is 13.7. The third kappa shape index (κ3) is 4.52. The number of aryl methyl sites for hydroxylation is 2. The van der Waals surface area contributed by atoms with Gasteiger partial charge in [0.2, 0.25) is 0 Å². The molecule has 0 radical (unpaired) electrons. The van der Waals surface area contributed by atoms with Crippen LogP contribution in [-0.4, -0.2) is 34.3 Å². The lowest BCUT2D eigenvalue weighted by Gasteiger charge is -2.16. The molecule has 5 heteroatoms. The highest BCUT2D eigenvalue weighted by atomic mass is 32.2. The first-order valence-corrected chi connectivity index (χ1v) is 10.5. The number of aliphatic imine (C=N–C) groups is 1. The Kier molecular flexibility index (Phi) is 6.59. The Labute approximate surface area is 158 Å². The van der Waals surface area contributed by atoms with E-state index in [0.29, 0.717) is 0 Å². The molecule has 1 unspecified atom stereocenters. The zero-order valence-corrected chi connectivity index (χ0v) is 17.4. The van der Waals surface area contributed by atoms with Gasteiger partial charge in [-0.2, -0.15) is 4.36 Å². The molecule has 0 spiro atoms. The van der Waals surface area contributed by atoms with E-state index in [1.807, 2.05) is 88.4 Å². The van der Waals surface area contributed by atoms with Crippen molar-refractivity contribution in [3.63, 3.8) is 0 Å². The van der Waals surface area contributed by atoms with Crippen LogP contribution in [0.2, 0.25) is 0 Å². The number of benzene rings is 2. The van der Waals surface area contributed by atoms with Crippen LogP contribution >= 0.6 is 0 Å². The van der Waals surface area contributed by atoms with Gasteiger partial charge in [-0.1, -0.05) is 18.2 Å². The zero-order valence-electron chi connectivity index (χ0n) is 16.6. The van der Waals surface area contributed by atoms with Crippen molar-refractivity contribution in [1.29, 1.82) is 0 Å². The molecule has 0 heterocycles. The summed E-state index contributed by atoms with van der Waals surface area (Å²) in [5, 5.41) is -0.0829. The normalized spacial score (nSPS) is 13.8. The van der Waals surface area contributed by atoms with Gasteiger partial charge in [0.05, 0.1) is 27.4 Å². The summed E-state index contributed by atoms with van der Waals surface area (Å²) in [4.78, 5) is 7.35. The van der Waals surface area contributed by atoms with Crippen LogP contribution < -0.4 is 0 Å². The van der Waals surface area contributed by atoms with Crippen molar-refractivity contribution in [3.8, 4) is 0 Å². The van der Waals surface area contributed by atoms with E-state index in [1.54, 1.807) is 0 Å². The molecule has 0 fully saturated rings. The lowest BCUT2D eigenvalue weighted by Crippen LogP contribution is -2.14. The second-order valence-corrected chi connectivity index (χ2v) is 9.50. The lowest BCUT2D eigenvalue weighted by molar-refractivity contribution is 0.552. The second kappa shape index (κ2) is 8.49. The van der Waals surface area contributed by atoms with E-state index in [4.69, 9.17) is 4.36 Å². The molecule has 0 amide bonds. The van der Waals surface area contributed by atoms with Crippen molar-refractivity contribution < 1.29 is 4.21 Å². The van der Waals surface area contributed by atoms with E-state index in [0.717, 1.165) is 33.9 Å². The van der Waals surface area contributed by atoms with Crippen molar-refractivity contribution in [2.24, 2.45) is 9.36 Å². The van der Waals surface area contributed by atoms with Gasteiger partial charge in [0.25, 0.3) is 0 Å². The molecule has 2 aromatic rings. The van der Waals surface area contributed by atoms with Crippen LogP contribution in [0.5, 0.6) is 0 Å². The Bertz CT molecular complexity index is 895. The predicted octanol–water partition coefficient (Wildman–Crippen LogP) is 5.48. The van der Waals surface area contributed by atoms with Gasteiger partial charge in [-0.15, -0.1) is 0 Å². The second-order valence-electron chi connectivity index (χ2n) is 6.76. The minimum absolute atomic E-state index is 0.0829. The van der Waals surface area contributed by atoms with E-state index >= 15 is 0 Å². The van der Waals surface area contributed by atoms with E-state index in [9.17, 15) is 4.21 Å². The average Bonchev–Trinajstić information content (AvgIpc) is 2.63. The van der Waals surface area contributed by atoms with Gasteiger partial charge in [-0.25, -0.2) is 9.20 Å². The molecule has 2 rings (SSSR count). The summed E-state index contributed by atoms with van der Waals surface area (Å²) < 4.78 is 18.4. The van der Waals surface area contributed by atoms with Crippen LogP contribution in [0, 0.1) is 13.8 Å². The number of rotatable bonds is 6. The van der Waals surface area contributed by atoms with Gasteiger partial charge in [0.15, 0.2) is 0 Å². The van der Waals surface area contributed by atoms with Crippen LogP contribution in [0.25, 0.3) is 0 Å². The maximum Gasteiger partial charge on any atom is 0.0909 e. The van der Waals surface area contributed by atoms with Gasteiger partial charge < -0.3 is 4.90 Å². The van der Waals surface area contributed by atoms with Gasteiger partial charge in [0, 0.05) is 23.7 Å². The first kappa shape index (κ1) is 20.2. The Balaban J connectivity index is 2.54. The average molecular weight is 372 g/mol. The molecule has 26 heavy (non-hydrogen) atoms. The topological polar surface area (TPSA) is 45.0 Å². The van der Waals surface area contributed by atoms with E-state index in [1.165, 1.54) is 0 Å². The largest absolute Gasteiger partial charge is 0.366 e. The summed E-state index contributed by atoms with van der Waals surface area (Å²) in [5.41, 5.74) is 3.69. The summed E-state index contributed by atoms with van der Waals surface area (Å²) in [6.45, 7) is 10.9. The number of nitrogens with zero attached hydrogens (tertiary/aromatic N) is 3. The summed E-state index contributed by atoms with van der Waals surface area (Å²) in [5.74, 6) is 0. The smallest absolute Gasteiger partial charge is 0.0909 e. The predicted molar refractivity (Wildman–Crippen MR) is 112 cm³/mol. The SMILES string of the molecule is CCN(C)/C=N/c1cc(C)c(N=S(=O)(c2ccccc2)C(C)C)cc1C. The fraction of sp³-hybridized carbons (Fsp3) is 0.381. The van der Waals surface area contributed by atoms with Crippen LogP contribution in [0.15, 0.2) is 56.7 Å². The third-order valence-corrected chi connectivity index (χ3v) is 7.05. The molecule has 0 N–H and O–H groups in total. The van der Waals surface area contributed by atoms with Crippen molar-refractivity contribution in [3.05, 3.63) is 53.6 Å². The van der Waals surface area contributed by atoms with Crippen LogP contribution in [0.3, 0.4) is 0 Å². The number of hydrogen-bond acceptors (Lipinski definition) is 3. The molecule has 0 aliphatic heterocycles. The fourth-order valence-corrected chi connectivity index (χ4v) is 4.35.